The lowest BCUT2D eigenvalue weighted by Crippen LogP contribution is -2.31. The lowest BCUT2D eigenvalue weighted by molar-refractivity contribution is 0.486. The Morgan fingerprint density at radius 3 is 2.74 bits per heavy atom. The summed E-state index contributed by atoms with van der Waals surface area (Å²) >= 11 is 0. The van der Waals surface area contributed by atoms with Crippen LogP contribution >= 0.6 is 0 Å². The van der Waals surface area contributed by atoms with E-state index in [0.29, 0.717) is 0 Å². The van der Waals surface area contributed by atoms with E-state index in [2.05, 4.69) is 35.5 Å². The molecule has 2 aromatic rings. The summed E-state index contributed by atoms with van der Waals surface area (Å²) in [5, 5.41) is 8.75. The quantitative estimate of drug-likeness (QED) is 0.600. The molecule has 2 rings (SSSR count). The van der Waals surface area contributed by atoms with E-state index in [-0.39, 0.29) is 6.04 Å². The van der Waals surface area contributed by atoms with E-state index in [4.69, 9.17) is 5.84 Å². The molecule has 0 amide bonds. The van der Waals surface area contributed by atoms with E-state index in [1.54, 1.807) is 6.20 Å². The fraction of sp³-hybridized carbons (Fsp3) is 0.538. The van der Waals surface area contributed by atoms with Crippen LogP contribution in [-0.2, 0) is 26.4 Å². The molecule has 0 aliphatic rings. The third-order valence-corrected chi connectivity index (χ3v) is 3.41. The van der Waals surface area contributed by atoms with Gasteiger partial charge >= 0.3 is 0 Å². The molecule has 1 unspecified atom stereocenters. The van der Waals surface area contributed by atoms with E-state index >= 15 is 0 Å². The Bertz CT molecular complexity index is 527. The predicted octanol–water partition coefficient (Wildman–Crippen LogP) is 0.946. The van der Waals surface area contributed by atoms with Crippen molar-refractivity contribution in [1.82, 2.24) is 25.0 Å². The standard InChI is InChI=1S/C13H22N6/c1-4-10-8-11(19(5-2)17-10)9-12(16-14)13-6-7-15-18(13)3/h6-8,12,16H,4-5,9,14H2,1-3H3. The molecule has 0 saturated carbocycles. The largest absolute Gasteiger partial charge is 0.271 e. The second-order valence-electron chi connectivity index (χ2n) is 4.60. The zero-order valence-corrected chi connectivity index (χ0v) is 11.8. The number of hydrazine groups is 1. The Kier molecular flexibility index (Phi) is 4.34. The summed E-state index contributed by atoms with van der Waals surface area (Å²) in [7, 11) is 1.92. The van der Waals surface area contributed by atoms with Crippen LogP contribution in [0, 0.1) is 0 Å². The molecule has 6 nitrogen and oxygen atoms in total. The van der Waals surface area contributed by atoms with Gasteiger partial charge in [-0.05, 0) is 25.5 Å². The number of nitrogens with zero attached hydrogens (tertiary/aromatic N) is 4. The summed E-state index contributed by atoms with van der Waals surface area (Å²) in [5.41, 5.74) is 6.26. The summed E-state index contributed by atoms with van der Waals surface area (Å²) in [6.07, 6.45) is 3.54. The van der Waals surface area contributed by atoms with Crippen LogP contribution in [0.25, 0.3) is 0 Å². The van der Waals surface area contributed by atoms with E-state index in [0.717, 1.165) is 30.8 Å². The van der Waals surface area contributed by atoms with Crippen LogP contribution in [0.1, 0.15) is 37.0 Å². The van der Waals surface area contributed by atoms with Gasteiger partial charge in [-0.1, -0.05) is 6.92 Å². The maximum Gasteiger partial charge on any atom is 0.0684 e. The van der Waals surface area contributed by atoms with Crippen LogP contribution in [0.5, 0.6) is 0 Å². The van der Waals surface area contributed by atoms with Crippen molar-refractivity contribution in [2.75, 3.05) is 0 Å². The smallest absolute Gasteiger partial charge is 0.0684 e. The molecule has 2 aromatic heterocycles. The van der Waals surface area contributed by atoms with E-state index in [1.165, 1.54) is 5.69 Å². The molecule has 1 atom stereocenters. The zero-order valence-electron chi connectivity index (χ0n) is 11.8. The van der Waals surface area contributed by atoms with Crippen LogP contribution in [-0.4, -0.2) is 19.6 Å². The third-order valence-electron chi connectivity index (χ3n) is 3.41. The highest BCUT2D eigenvalue weighted by atomic mass is 15.3. The average Bonchev–Trinajstić information content (AvgIpc) is 3.01. The molecule has 3 N–H and O–H groups in total. The lowest BCUT2D eigenvalue weighted by Gasteiger charge is -2.16. The first-order chi connectivity index (χ1) is 9.19. The first kappa shape index (κ1) is 13.8. The van der Waals surface area contributed by atoms with Crippen LogP contribution in [0.3, 0.4) is 0 Å². The van der Waals surface area contributed by atoms with Gasteiger partial charge in [0, 0.05) is 31.9 Å². The van der Waals surface area contributed by atoms with Gasteiger partial charge in [0.15, 0.2) is 0 Å². The average molecular weight is 262 g/mol. The number of hydrogen-bond donors (Lipinski definition) is 2. The van der Waals surface area contributed by atoms with Crippen molar-refractivity contribution in [1.29, 1.82) is 0 Å². The van der Waals surface area contributed by atoms with Gasteiger partial charge in [0.2, 0.25) is 0 Å². The Morgan fingerprint density at radius 2 is 2.21 bits per heavy atom. The molecule has 0 spiro atoms. The minimum absolute atomic E-state index is 0.0409. The fourth-order valence-electron chi connectivity index (χ4n) is 2.31. The monoisotopic (exact) mass is 262 g/mol. The highest BCUT2D eigenvalue weighted by molar-refractivity contribution is 5.16. The van der Waals surface area contributed by atoms with Crippen molar-refractivity contribution >= 4 is 0 Å². The van der Waals surface area contributed by atoms with Gasteiger partial charge in [0.25, 0.3) is 0 Å². The second kappa shape index (κ2) is 5.99. The van der Waals surface area contributed by atoms with Crippen molar-refractivity contribution in [3.63, 3.8) is 0 Å². The molecule has 0 radical (unpaired) electrons. The number of nitrogens with one attached hydrogen (secondary N) is 1. The molecule has 19 heavy (non-hydrogen) atoms. The Morgan fingerprint density at radius 1 is 1.42 bits per heavy atom. The summed E-state index contributed by atoms with van der Waals surface area (Å²) in [6, 6.07) is 4.18. The van der Waals surface area contributed by atoms with E-state index in [9.17, 15) is 0 Å². The van der Waals surface area contributed by atoms with Crippen LogP contribution in [0.4, 0.5) is 0 Å². The molecule has 104 valence electrons. The molecule has 0 aromatic carbocycles. The minimum Gasteiger partial charge on any atom is -0.271 e. The topological polar surface area (TPSA) is 73.7 Å². The summed E-state index contributed by atoms with van der Waals surface area (Å²) in [4.78, 5) is 0. The molecule has 0 bridgehead atoms. The van der Waals surface area contributed by atoms with Crippen molar-refractivity contribution in [2.24, 2.45) is 12.9 Å². The minimum atomic E-state index is 0.0409. The number of hydrogen-bond acceptors (Lipinski definition) is 4. The second-order valence-corrected chi connectivity index (χ2v) is 4.60. The van der Waals surface area contributed by atoms with Gasteiger partial charge in [-0.15, -0.1) is 0 Å². The van der Waals surface area contributed by atoms with Crippen LogP contribution < -0.4 is 11.3 Å². The summed E-state index contributed by atoms with van der Waals surface area (Å²) in [6.45, 7) is 5.09. The van der Waals surface area contributed by atoms with Crippen LogP contribution in [0.15, 0.2) is 18.3 Å². The lowest BCUT2D eigenvalue weighted by atomic mass is 10.1. The molecule has 2 heterocycles. The maximum absolute atomic E-state index is 5.69. The van der Waals surface area contributed by atoms with Crippen LogP contribution in [0.2, 0.25) is 0 Å². The third kappa shape index (κ3) is 2.85. The molecule has 6 heteroatoms. The van der Waals surface area contributed by atoms with E-state index in [1.807, 2.05) is 22.5 Å². The van der Waals surface area contributed by atoms with Gasteiger partial charge in [-0.25, -0.2) is 0 Å². The van der Waals surface area contributed by atoms with Gasteiger partial charge in [-0.2, -0.15) is 10.2 Å². The van der Waals surface area contributed by atoms with Crippen molar-refractivity contribution < 1.29 is 0 Å². The van der Waals surface area contributed by atoms with Gasteiger partial charge in [0.05, 0.1) is 17.4 Å². The highest BCUT2D eigenvalue weighted by Crippen LogP contribution is 2.18. The molecular weight excluding hydrogens is 240 g/mol. The summed E-state index contributed by atoms with van der Waals surface area (Å²) < 4.78 is 3.89. The molecule has 0 aliphatic carbocycles. The molecular formula is C13H22N6. The fourth-order valence-corrected chi connectivity index (χ4v) is 2.31. The van der Waals surface area contributed by atoms with Gasteiger partial charge in [0.1, 0.15) is 0 Å². The normalized spacial score (nSPS) is 12.8. The first-order valence-corrected chi connectivity index (χ1v) is 6.69. The molecule has 0 fully saturated rings. The SMILES string of the molecule is CCc1cc(CC(NN)c2ccnn2C)n(CC)n1. The van der Waals surface area contributed by atoms with Gasteiger partial charge < -0.3 is 0 Å². The van der Waals surface area contributed by atoms with E-state index < -0.39 is 0 Å². The van der Waals surface area contributed by atoms with Crippen molar-refractivity contribution in [3.05, 3.63) is 35.4 Å². The Balaban J connectivity index is 2.23. The molecule has 0 aliphatic heterocycles. The molecule has 0 saturated heterocycles. The number of aromatic nitrogens is 4. The predicted molar refractivity (Wildman–Crippen MR) is 74.3 cm³/mol. The number of aryl methyl sites for hydroxylation is 3. The van der Waals surface area contributed by atoms with Crippen molar-refractivity contribution in [2.45, 2.75) is 39.3 Å². The van der Waals surface area contributed by atoms with Gasteiger partial charge in [-0.3, -0.25) is 20.6 Å². The number of rotatable bonds is 6. The Hall–Kier alpha value is -1.66. The summed E-state index contributed by atoms with van der Waals surface area (Å²) in [5.74, 6) is 5.69. The first-order valence-electron chi connectivity index (χ1n) is 6.69. The highest BCUT2D eigenvalue weighted by Gasteiger charge is 2.17. The zero-order chi connectivity index (χ0) is 13.8. The van der Waals surface area contributed by atoms with Crippen molar-refractivity contribution in [3.8, 4) is 0 Å². The maximum atomic E-state index is 5.69. The number of nitrogens with two attached hydrogens (primary N) is 1. The Labute approximate surface area is 113 Å².